The smallest absolute Gasteiger partial charge is 0.337 e. The molecule has 0 saturated carbocycles. The first-order valence-corrected chi connectivity index (χ1v) is 9.91. The number of carbonyl (C=O) groups excluding carboxylic acids is 2. The summed E-state index contributed by atoms with van der Waals surface area (Å²) >= 11 is 0. The molecule has 0 aromatic heterocycles. The minimum atomic E-state index is -0.377. The van der Waals surface area contributed by atoms with E-state index in [2.05, 4.69) is 0 Å². The summed E-state index contributed by atoms with van der Waals surface area (Å²) in [5.41, 5.74) is 4.76. The molecule has 0 spiro atoms. The van der Waals surface area contributed by atoms with E-state index in [1.807, 2.05) is 50.2 Å². The van der Waals surface area contributed by atoms with Gasteiger partial charge in [-0.3, -0.25) is 4.79 Å². The molecule has 0 saturated heterocycles. The average molecular weight is 414 g/mol. The van der Waals surface area contributed by atoms with Gasteiger partial charge in [-0.2, -0.15) is 0 Å². The van der Waals surface area contributed by atoms with Crippen LogP contribution in [0.1, 0.15) is 43.0 Å². The van der Waals surface area contributed by atoms with E-state index in [-0.39, 0.29) is 11.8 Å². The van der Waals surface area contributed by atoms with Crippen LogP contribution in [0.3, 0.4) is 0 Å². The van der Waals surface area contributed by atoms with Gasteiger partial charge < -0.3 is 14.2 Å². The van der Waals surface area contributed by atoms with E-state index >= 15 is 0 Å². The number of rotatable bonds is 5. The summed E-state index contributed by atoms with van der Waals surface area (Å²) in [7, 11) is 1.35. The van der Waals surface area contributed by atoms with Crippen molar-refractivity contribution in [2.24, 2.45) is 0 Å². The van der Waals surface area contributed by atoms with Gasteiger partial charge in [-0.1, -0.05) is 42.0 Å². The van der Waals surface area contributed by atoms with Crippen LogP contribution in [0.5, 0.6) is 11.5 Å². The summed E-state index contributed by atoms with van der Waals surface area (Å²) in [5, 5.41) is 0. The quantitative estimate of drug-likeness (QED) is 0.420. The Morgan fingerprint density at radius 3 is 2.35 bits per heavy atom. The number of hydrogen-bond donors (Lipinski definition) is 0. The first-order valence-electron chi connectivity index (χ1n) is 9.91. The monoisotopic (exact) mass is 414 g/mol. The van der Waals surface area contributed by atoms with Crippen LogP contribution in [-0.4, -0.2) is 18.9 Å². The van der Waals surface area contributed by atoms with Crippen molar-refractivity contribution >= 4 is 17.8 Å². The molecule has 0 unspecified atom stereocenters. The molecular formula is C26H22O5. The Bertz CT molecular complexity index is 1170. The van der Waals surface area contributed by atoms with Crippen molar-refractivity contribution in [2.75, 3.05) is 7.11 Å². The van der Waals surface area contributed by atoms with Crippen LogP contribution in [0.25, 0.3) is 6.08 Å². The van der Waals surface area contributed by atoms with Crippen molar-refractivity contribution in [3.8, 4) is 11.5 Å². The molecule has 31 heavy (non-hydrogen) atoms. The predicted molar refractivity (Wildman–Crippen MR) is 117 cm³/mol. The van der Waals surface area contributed by atoms with E-state index in [1.165, 1.54) is 7.11 Å². The second-order valence-electron chi connectivity index (χ2n) is 7.39. The molecule has 3 aromatic carbocycles. The zero-order chi connectivity index (χ0) is 22.0. The molecule has 1 aliphatic rings. The number of Topliss-reactive ketones (excluding diaryl/α,β-unsaturated/α-hetero) is 1. The lowest BCUT2D eigenvalue weighted by Crippen LogP contribution is -2.02. The third-order valence-corrected chi connectivity index (χ3v) is 5.18. The second kappa shape index (κ2) is 8.48. The molecule has 3 aromatic rings. The minimum absolute atomic E-state index is 0.136. The van der Waals surface area contributed by atoms with Crippen molar-refractivity contribution in [1.29, 1.82) is 0 Å². The van der Waals surface area contributed by atoms with Crippen LogP contribution in [-0.2, 0) is 11.3 Å². The maximum absolute atomic E-state index is 12.8. The number of aryl methyl sites for hydroxylation is 1. The number of carbonyl (C=O) groups is 2. The normalized spacial score (nSPS) is 13.6. The van der Waals surface area contributed by atoms with Gasteiger partial charge in [0.25, 0.3) is 0 Å². The second-order valence-corrected chi connectivity index (χ2v) is 7.39. The summed E-state index contributed by atoms with van der Waals surface area (Å²) in [6.07, 6.45) is 1.75. The largest absolute Gasteiger partial charge is 0.488 e. The molecule has 5 heteroatoms. The Morgan fingerprint density at radius 1 is 0.968 bits per heavy atom. The topological polar surface area (TPSA) is 61.8 Å². The summed E-state index contributed by atoms with van der Waals surface area (Å²) in [5.74, 6) is 0.960. The first kappa shape index (κ1) is 20.4. The highest BCUT2D eigenvalue weighted by atomic mass is 16.5. The highest BCUT2D eigenvalue weighted by Crippen LogP contribution is 2.39. The van der Waals surface area contributed by atoms with Gasteiger partial charge in [0.05, 0.1) is 18.2 Å². The van der Waals surface area contributed by atoms with Crippen molar-refractivity contribution in [3.05, 3.63) is 99.8 Å². The number of fused-ring (bicyclic) bond motifs is 1. The average Bonchev–Trinajstić information content (AvgIpc) is 3.11. The summed E-state index contributed by atoms with van der Waals surface area (Å²) < 4.78 is 16.6. The molecule has 1 heterocycles. The highest BCUT2D eigenvalue weighted by molar-refractivity contribution is 6.15. The molecule has 4 rings (SSSR count). The molecule has 0 fully saturated rings. The lowest BCUT2D eigenvalue weighted by Gasteiger charge is -2.12. The van der Waals surface area contributed by atoms with E-state index in [9.17, 15) is 9.59 Å². The molecule has 0 radical (unpaired) electrons. The number of esters is 1. The fraction of sp³-hybridized carbons (Fsp3) is 0.154. The van der Waals surface area contributed by atoms with Gasteiger partial charge in [-0.25, -0.2) is 4.79 Å². The Balaban J connectivity index is 1.50. The van der Waals surface area contributed by atoms with Crippen molar-refractivity contribution < 1.29 is 23.8 Å². The zero-order valence-corrected chi connectivity index (χ0v) is 17.6. The fourth-order valence-electron chi connectivity index (χ4n) is 3.35. The molecule has 0 aliphatic carbocycles. The van der Waals surface area contributed by atoms with Gasteiger partial charge in [0.1, 0.15) is 18.1 Å². The van der Waals surface area contributed by atoms with Crippen LogP contribution in [0.2, 0.25) is 0 Å². The third-order valence-electron chi connectivity index (χ3n) is 5.18. The van der Waals surface area contributed by atoms with Crippen LogP contribution in [0, 0.1) is 13.8 Å². The lowest BCUT2D eigenvalue weighted by atomic mass is 10.1. The Morgan fingerprint density at radius 2 is 1.68 bits per heavy atom. The lowest BCUT2D eigenvalue weighted by molar-refractivity contribution is 0.0600. The maximum atomic E-state index is 12.8. The number of hydrogen-bond acceptors (Lipinski definition) is 5. The molecule has 5 nitrogen and oxygen atoms in total. The van der Waals surface area contributed by atoms with Gasteiger partial charge >= 0.3 is 5.97 Å². The van der Waals surface area contributed by atoms with E-state index in [0.29, 0.717) is 35.0 Å². The van der Waals surface area contributed by atoms with E-state index in [0.717, 1.165) is 22.3 Å². The highest BCUT2D eigenvalue weighted by Gasteiger charge is 2.30. The molecular weight excluding hydrogens is 392 g/mol. The van der Waals surface area contributed by atoms with E-state index in [1.54, 1.807) is 30.3 Å². The number of benzene rings is 3. The number of methoxy groups -OCH3 is 1. The van der Waals surface area contributed by atoms with Crippen LogP contribution >= 0.6 is 0 Å². The van der Waals surface area contributed by atoms with Crippen LogP contribution in [0.4, 0.5) is 0 Å². The Kier molecular flexibility index (Phi) is 5.58. The summed E-state index contributed by atoms with van der Waals surface area (Å²) in [4.78, 5) is 24.3. The Labute approximate surface area is 180 Å². The van der Waals surface area contributed by atoms with E-state index in [4.69, 9.17) is 14.2 Å². The minimum Gasteiger partial charge on any atom is -0.488 e. The fourth-order valence-corrected chi connectivity index (χ4v) is 3.35. The van der Waals surface area contributed by atoms with Gasteiger partial charge in [-0.15, -0.1) is 0 Å². The summed E-state index contributed by atoms with van der Waals surface area (Å²) in [6, 6.07) is 18.4. The molecule has 0 amide bonds. The number of allylic oxidation sites excluding steroid dienone is 1. The van der Waals surface area contributed by atoms with Crippen molar-refractivity contribution in [3.63, 3.8) is 0 Å². The molecule has 156 valence electrons. The SMILES string of the molecule is COC(=O)c1ccc(COc2ccc3c(c2C)O/C(=C\c2ccc(C)cc2)C3=O)cc1. The first-order chi connectivity index (χ1) is 15.0. The van der Waals surface area contributed by atoms with Crippen molar-refractivity contribution in [2.45, 2.75) is 20.5 Å². The van der Waals surface area contributed by atoms with E-state index < -0.39 is 0 Å². The van der Waals surface area contributed by atoms with Crippen LogP contribution < -0.4 is 9.47 Å². The van der Waals surface area contributed by atoms with Gasteiger partial charge in [0.15, 0.2) is 5.76 Å². The predicted octanol–water partition coefficient (Wildman–Crippen LogP) is 5.29. The standard InChI is InChI=1S/C26H22O5/c1-16-4-6-18(7-5-16)14-23-24(27)21-12-13-22(17(2)25(21)31-23)30-15-19-8-10-20(11-9-19)26(28)29-3/h4-14H,15H2,1-3H3/b23-14-. The van der Waals surface area contributed by atoms with Gasteiger partial charge in [0, 0.05) is 5.56 Å². The molecule has 0 N–H and O–H groups in total. The Hall–Kier alpha value is -3.86. The molecule has 0 atom stereocenters. The summed E-state index contributed by atoms with van der Waals surface area (Å²) in [6.45, 7) is 4.21. The zero-order valence-electron chi connectivity index (χ0n) is 17.6. The van der Waals surface area contributed by atoms with Crippen LogP contribution in [0.15, 0.2) is 66.4 Å². The maximum Gasteiger partial charge on any atom is 0.337 e. The molecule has 1 aliphatic heterocycles. The van der Waals surface area contributed by atoms with Gasteiger partial charge in [0.2, 0.25) is 5.78 Å². The number of ketones is 1. The third kappa shape index (κ3) is 4.21. The number of ether oxygens (including phenoxy) is 3. The van der Waals surface area contributed by atoms with Gasteiger partial charge in [-0.05, 0) is 55.3 Å². The molecule has 0 bridgehead atoms. The van der Waals surface area contributed by atoms with Crippen molar-refractivity contribution in [1.82, 2.24) is 0 Å².